The van der Waals surface area contributed by atoms with Gasteiger partial charge in [0, 0.05) is 43.9 Å². The van der Waals surface area contributed by atoms with E-state index in [9.17, 15) is 0 Å². The van der Waals surface area contributed by atoms with Crippen molar-refractivity contribution < 1.29 is 4.74 Å². The molecule has 0 bridgehead atoms. The highest BCUT2D eigenvalue weighted by atomic mass is 16.5. The minimum atomic E-state index is 0.511. The third-order valence-electron chi connectivity index (χ3n) is 5.82. The maximum atomic E-state index is 5.43. The van der Waals surface area contributed by atoms with E-state index in [0.29, 0.717) is 12.0 Å². The molecular formula is C23H33N5O. The molecule has 156 valence electrons. The molecule has 29 heavy (non-hydrogen) atoms. The predicted octanol–water partition coefficient (Wildman–Crippen LogP) is 4.02. The Hall–Kier alpha value is -2.18. The zero-order chi connectivity index (χ0) is 19.7. The molecule has 1 saturated heterocycles. The van der Waals surface area contributed by atoms with Crippen LogP contribution in [-0.2, 0) is 4.74 Å². The van der Waals surface area contributed by atoms with E-state index < -0.39 is 0 Å². The number of nitrogens with zero attached hydrogens (tertiary/aromatic N) is 3. The Labute approximate surface area is 174 Å². The molecule has 2 aliphatic rings. The van der Waals surface area contributed by atoms with Gasteiger partial charge in [0.1, 0.15) is 5.82 Å². The van der Waals surface area contributed by atoms with Gasteiger partial charge in [0.05, 0.1) is 18.9 Å². The molecule has 6 nitrogen and oxygen atoms in total. The minimum absolute atomic E-state index is 0.511. The lowest BCUT2D eigenvalue weighted by Crippen LogP contribution is -2.39. The van der Waals surface area contributed by atoms with Crippen molar-refractivity contribution in [2.24, 2.45) is 0 Å². The molecular weight excluding hydrogens is 362 g/mol. The second-order valence-electron chi connectivity index (χ2n) is 8.04. The first-order valence-corrected chi connectivity index (χ1v) is 11.1. The maximum Gasteiger partial charge on any atom is 0.225 e. The number of rotatable bonds is 7. The van der Waals surface area contributed by atoms with Crippen LogP contribution in [0.1, 0.15) is 38.5 Å². The molecule has 0 spiro atoms. The van der Waals surface area contributed by atoms with Gasteiger partial charge in [-0.15, -0.1) is 0 Å². The molecule has 1 aliphatic heterocycles. The summed E-state index contributed by atoms with van der Waals surface area (Å²) in [4.78, 5) is 12.0. The molecule has 1 aliphatic carbocycles. The Balaban J connectivity index is 1.46. The number of ether oxygens (including phenoxy) is 1. The standard InChI is InChI=1S/C23H33N5O/c1-2-7-11-20(10-6-1)25-22-18-21(19-8-4-3-5-9-19)26-23(27-22)24-12-13-28-14-16-29-17-15-28/h3-5,8-9,18,20H,1-2,6-7,10-17H2,(H2,24,25,26,27). The Kier molecular flexibility index (Phi) is 7.32. The lowest BCUT2D eigenvalue weighted by Gasteiger charge is -2.26. The number of aromatic nitrogens is 2. The quantitative estimate of drug-likeness (QED) is 0.691. The van der Waals surface area contributed by atoms with Gasteiger partial charge in [-0.2, -0.15) is 4.98 Å². The van der Waals surface area contributed by atoms with Gasteiger partial charge in [-0.1, -0.05) is 56.0 Å². The zero-order valence-electron chi connectivity index (χ0n) is 17.3. The van der Waals surface area contributed by atoms with Crippen molar-refractivity contribution in [3.8, 4) is 11.3 Å². The summed E-state index contributed by atoms with van der Waals surface area (Å²) >= 11 is 0. The molecule has 0 amide bonds. The second kappa shape index (κ2) is 10.6. The summed E-state index contributed by atoms with van der Waals surface area (Å²) in [5, 5.41) is 7.14. The number of hydrogen-bond donors (Lipinski definition) is 2. The van der Waals surface area contributed by atoms with Crippen molar-refractivity contribution in [3.05, 3.63) is 36.4 Å². The van der Waals surface area contributed by atoms with Crippen LogP contribution in [0.15, 0.2) is 36.4 Å². The first-order valence-electron chi connectivity index (χ1n) is 11.1. The first-order chi connectivity index (χ1) is 14.4. The van der Waals surface area contributed by atoms with Crippen molar-refractivity contribution in [1.29, 1.82) is 0 Å². The van der Waals surface area contributed by atoms with Crippen LogP contribution in [0.2, 0.25) is 0 Å². The van der Waals surface area contributed by atoms with Gasteiger partial charge in [-0.3, -0.25) is 4.90 Å². The molecule has 2 N–H and O–H groups in total. The lowest BCUT2D eigenvalue weighted by molar-refractivity contribution is 0.0398. The fraction of sp³-hybridized carbons (Fsp3) is 0.565. The van der Waals surface area contributed by atoms with Crippen LogP contribution in [0.25, 0.3) is 11.3 Å². The largest absolute Gasteiger partial charge is 0.379 e. The van der Waals surface area contributed by atoms with Gasteiger partial charge in [0.25, 0.3) is 0 Å². The van der Waals surface area contributed by atoms with Gasteiger partial charge in [-0.25, -0.2) is 4.98 Å². The summed E-state index contributed by atoms with van der Waals surface area (Å²) in [5.74, 6) is 1.63. The van der Waals surface area contributed by atoms with Crippen LogP contribution < -0.4 is 10.6 Å². The highest BCUT2D eigenvalue weighted by Crippen LogP contribution is 2.24. The highest BCUT2D eigenvalue weighted by Gasteiger charge is 2.15. The van der Waals surface area contributed by atoms with E-state index in [2.05, 4.69) is 45.9 Å². The molecule has 6 heteroatoms. The first kappa shape index (κ1) is 20.1. The van der Waals surface area contributed by atoms with Crippen molar-refractivity contribution in [2.75, 3.05) is 50.0 Å². The van der Waals surface area contributed by atoms with Crippen molar-refractivity contribution >= 4 is 11.8 Å². The Morgan fingerprint density at radius 1 is 0.966 bits per heavy atom. The van der Waals surface area contributed by atoms with Crippen LogP contribution in [0.4, 0.5) is 11.8 Å². The van der Waals surface area contributed by atoms with Gasteiger partial charge < -0.3 is 15.4 Å². The average molecular weight is 396 g/mol. The predicted molar refractivity (Wildman–Crippen MR) is 118 cm³/mol. The third-order valence-corrected chi connectivity index (χ3v) is 5.82. The van der Waals surface area contributed by atoms with Crippen LogP contribution >= 0.6 is 0 Å². The number of hydrogen-bond acceptors (Lipinski definition) is 6. The van der Waals surface area contributed by atoms with Crippen LogP contribution in [-0.4, -0.2) is 60.3 Å². The smallest absolute Gasteiger partial charge is 0.225 e. The van der Waals surface area contributed by atoms with Gasteiger partial charge in [-0.05, 0) is 12.8 Å². The van der Waals surface area contributed by atoms with Crippen molar-refractivity contribution in [1.82, 2.24) is 14.9 Å². The molecule has 2 fully saturated rings. The van der Waals surface area contributed by atoms with Crippen LogP contribution in [0, 0.1) is 0 Å². The molecule has 1 aromatic carbocycles. The summed E-state index contributed by atoms with van der Waals surface area (Å²) in [5.41, 5.74) is 2.08. The van der Waals surface area contributed by atoms with Gasteiger partial charge >= 0.3 is 0 Å². The summed E-state index contributed by atoms with van der Waals surface area (Å²) in [6.07, 6.45) is 7.77. The normalized spacial score (nSPS) is 18.9. The molecule has 2 aromatic rings. The summed E-state index contributed by atoms with van der Waals surface area (Å²) in [6.45, 7) is 5.47. The van der Waals surface area contributed by atoms with E-state index in [-0.39, 0.29) is 0 Å². The monoisotopic (exact) mass is 395 g/mol. The summed E-state index contributed by atoms with van der Waals surface area (Å²) in [6, 6.07) is 13.0. The van der Waals surface area contributed by atoms with Crippen LogP contribution in [0.5, 0.6) is 0 Å². The van der Waals surface area contributed by atoms with E-state index in [4.69, 9.17) is 14.7 Å². The number of benzene rings is 1. The Bertz CT molecular complexity index is 740. The van der Waals surface area contributed by atoms with E-state index in [1.807, 2.05) is 6.07 Å². The highest BCUT2D eigenvalue weighted by molar-refractivity contribution is 5.64. The molecule has 1 aromatic heterocycles. The molecule has 0 radical (unpaired) electrons. The maximum absolute atomic E-state index is 5.43. The van der Waals surface area contributed by atoms with Crippen molar-refractivity contribution in [2.45, 2.75) is 44.6 Å². The van der Waals surface area contributed by atoms with E-state index >= 15 is 0 Å². The molecule has 0 atom stereocenters. The number of anilines is 2. The topological polar surface area (TPSA) is 62.3 Å². The Morgan fingerprint density at radius 3 is 2.48 bits per heavy atom. The fourth-order valence-electron chi connectivity index (χ4n) is 4.14. The third kappa shape index (κ3) is 6.15. The number of nitrogens with one attached hydrogen (secondary N) is 2. The van der Waals surface area contributed by atoms with E-state index in [1.54, 1.807) is 0 Å². The SMILES string of the molecule is c1ccc(-c2cc(NC3CCCCCC3)nc(NCCN3CCOCC3)n2)cc1. The number of morpholine rings is 1. The van der Waals surface area contributed by atoms with Gasteiger partial charge in [0.15, 0.2) is 0 Å². The van der Waals surface area contributed by atoms with E-state index in [1.165, 1.54) is 38.5 Å². The second-order valence-corrected chi connectivity index (χ2v) is 8.04. The molecule has 1 saturated carbocycles. The zero-order valence-corrected chi connectivity index (χ0v) is 17.3. The summed E-state index contributed by atoms with van der Waals surface area (Å²) < 4.78 is 5.43. The summed E-state index contributed by atoms with van der Waals surface area (Å²) in [7, 11) is 0. The van der Waals surface area contributed by atoms with E-state index in [0.717, 1.165) is 56.5 Å². The fourth-order valence-corrected chi connectivity index (χ4v) is 4.14. The molecule has 0 unspecified atom stereocenters. The molecule has 2 heterocycles. The van der Waals surface area contributed by atoms with Crippen molar-refractivity contribution in [3.63, 3.8) is 0 Å². The van der Waals surface area contributed by atoms with Crippen LogP contribution in [0.3, 0.4) is 0 Å². The minimum Gasteiger partial charge on any atom is -0.379 e. The van der Waals surface area contributed by atoms with Gasteiger partial charge in [0.2, 0.25) is 5.95 Å². The average Bonchev–Trinajstić information content (AvgIpc) is 3.04. The molecule has 4 rings (SSSR count). The Morgan fingerprint density at radius 2 is 1.72 bits per heavy atom. The lowest BCUT2D eigenvalue weighted by atomic mass is 10.1.